The average Bonchev–Trinajstić information content (AvgIpc) is 2.81. The summed E-state index contributed by atoms with van der Waals surface area (Å²) in [6, 6.07) is -1.18. The number of carbonyl (C=O) groups is 1. The van der Waals surface area contributed by atoms with E-state index in [-0.39, 0.29) is 0 Å². The molecule has 2 N–H and O–H groups in total. The predicted molar refractivity (Wildman–Crippen MR) is 37.7 cm³/mol. The van der Waals surface area contributed by atoms with Crippen molar-refractivity contribution in [3.63, 3.8) is 0 Å². The maximum absolute atomic E-state index is 12.3. The number of halogens is 2. The summed E-state index contributed by atoms with van der Waals surface area (Å²) in [5.74, 6) is -0.757. The molecule has 0 amide bonds. The monoisotopic (exact) mass is 179 g/mol. The Labute approximate surface area is 68.9 Å². The Balaban J connectivity index is 2.63. The molecule has 5 heteroatoms. The van der Waals surface area contributed by atoms with Gasteiger partial charge in [-0.25, -0.2) is 8.78 Å². The lowest BCUT2D eigenvalue weighted by atomic mass is 9.98. The summed E-state index contributed by atoms with van der Waals surface area (Å²) >= 11 is 0. The number of alkyl halides is 2. The number of methoxy groups -OCH3 is 1. The molecule has 0 aliphatic heterocycles. The molecule has 0 aromatic heterocycles. The van der Waals surface area contributed by atoms with Crippen LogP contribution in [0.4, 0.5) is 8.78 Å². The SMILES string of the molecule is COC(=O)C(N)C1(C(F)F)CC1. The normalized spacial score (nSPS) is 22.1. The number of nitrogens with two attached hydrogens (primary N) is 1. The van der Waals surface area contributed by atoms with Crippen LogP contribution in [0.15, 0.2) is 0 Å². The first kappa shape index (κ1) is 9.38. The summed E-state index contributed by atoms with van der Waals surface area (Å²) in [5, 5.41) is 0. The van der Waals surface area contributed by atoms with Crippen LogP contribution in [0.25, 0.3) is 0 Å². The van der Waals surface area contributed by atoms with Gasteiger partial charge < -0.3 is 10.5 Å². The molecular weight excluding hydrogens is 168 g/mol. The molecule has 1 atom stereocenters. The Kier molecular flexibility index (Phi) is 2.32. The van der Waals surface area contributed by atoms with E-state index >= 15 is 0 Å². The highest BCUT2D eigenvalue weighted by molar-refractivity contribution is 5.77. The second kappa shape index (κ2) is 2.97. The van der Waals surface area contributed by atoms with Crippen LogP contribution in [0.1, 0.15) is 12.8 Å². The molecule has 0 aromatic carbocycles. The van der Waals surface area contributed by atoms with Gasteiger partial charge in [0.25, 0.3) is 0 Å². The van der Waals surface area contributed by atoms with Gasteiger partial charge in [-0.1, -0.05) is 0 Å². The van der Waals surface area contributed by atoms with Gasteiger partial charge in [-0.2, -0.15) is 0 Å². The van der Waals surface area contributed by atoms with Crippen molar-refractivity contribution in [1.82, 2.24) is 0 Å². The Hall–Kier alpha value is -0.710. The third-order valence-corrected chi connectivity index (χ3v) is 2.34. The fraction of sp³-hybridized carbons (Fsp3) is 0.857. The van der Waals surface area contributed by atoms with Gasteiger partial charge in [0.05, 0.1) is 12.5 Å². The Morgan fingerprint density at radius 2 is 2.08 bits per heavy atom. The summed E-state index contributed by atoms with van der Waals surface area (Å²) < 4.78 is 29.0. The molecule has 1 unspecified atom stereocenters. The molecule has 1 fully saturated rings. The highest BCUT2D eigenvalue weighted by atomic mass is 19.3. The van der Waals surface area contributed by atoms with Gasteiger partial charge in [-0.15, -0.1) is 0 Å². The summed E-state index contributed by atoms with van der Waals surface area (Å²) in [7, 11) is 1.14. The van der Waals surface area contributed by atoms with Crippen LogP contribution >= 0.6 is 0 Å². The molecule has 0 radical (unpaired) electrons. The molecule has 0 aromatic rings. The molecule has 1 rings (SSSR count). The fourth-order valence-electron chi connectivity index (χ4n) is 1.17. The van der Waals surface area contributed by atoms with Crippen molar-refractivity contribution < 1.29 is 18.3 Å². The third-order valence-electron chi connectivity index (χ3n) is 2.34. The van der Waals surface area contributed by atoms with Gasteiger partial charge in [0.1, 0.15) is 6.04 Å². The predicted octanol–water partition coefficient (Wildman–Crippen LogP) is 0.532. The Bertz CT molecular complexity index is 192. The van der Waals surface area contributed by atoms with Crippen molar-refractivity contribution in [2.24, 2.45) is 11.1 Å². The van der Waals surface area contributed by atoms with Gasteiger partial charge >= 0.3 is 5.97 Å². The quantitative estimate of drug-likeness (QED) is 0.643. The lowest BCUT2D eigenvalue weighted by Crippen LogP contribution is -2.43. The van der Waals surface area contributed by atoms with Gasteiger partial charge in [0.15, 0.2) is 0 Å². The van der Waals surface area contributed by atoms with Gasteiger partial charge in [-0.05, 0) is 12.8 Å². The molecule has 1 aliphatic carbocycles. The second-order valence-electron chi connectivity index (χ2n) is 3.03. The van der Waals surface area contributed by atoms with E-state index in [0.717, 1.165) is 7.11 Å². The van der Waals surface area contributed by atoms with Crippen molar-refractivity contribution in [2.75, 3.05) is 7.11 Å². The number of carbonyl (C=O) groups excluding carboxylic acids is 1. The van der Waals surface area contributed by atoms with Gasteiger partial charge in [0, 0.05) is 0 Å². The van der Waals surface area contributed by atoms with Crippen LogP contribution in [0, 0.1) is 5.41 Å². The minimum absolute atomic E-state index is 0.306. The first-order chi connectivity index (χ1) is 5.54. The highest BCUT2D eigenvalue weighted by Crippen LogP contribution is 2.53. The Morgan fingerprint density at radius 1 is 1.58 bits per heavy atom. The first-order valence-electron chi connectivity index (χ1n) is 3.66. The number of rotatable bonds is 3. The van der Waals surface area contributed by atoms with Gasteiger partial charge in [0.2, 0.25) is 6.43 Å². The van der Waals surface area contributed by atoms with Crippen molar-refractivity contribution in [1.29, 1.82) is 0 Å². The van der Waals surface area contributed by atoms with Crippen LogP contribution in [-0.4, -0.2) is 25.5 Å². The van der Waals surface area contributed by atoms with Crippen LogP contribution in [0.3, 0.4) is 0 Å². The van der Waals surface area contributed by atoms with E-state index in [1.54, 1.807) is 0 Å². The summed E-state index contributed by atoms with van der Waals surface area (Å²) in [4.78, 5) is 10.8. The summed E-state index contributed by atoms with van der Waals surface area (Å²) in [6.07, 6.45) is -1.92. The summed E-state index contributed by atoms with van der Waals surface area (Å²) in [5.41, 5.74) is 4.02. The average molecular weight is 179 g/mol. The van der Waals surface area contributed by atoms with E-state index in [4.69, 9.17) is 5.73 Å². The third kappa shape index (κ3) is 1.29. The molecule has 0 saturated heterocycles. The molecule has 1 aliphatic rings. The van der Waals surface area contributed by atoms with Crippen LogP contribution < -0.4 is 5.73 Å². The number of hydrogen-bond donors (Lipinski definition) is 1. The molecule has 12 heavy (non-hydrogen) atoms. The molecule has 70 valence electrons. The fourth-order valence-corrected chi connectivity index (χ4v) is 1.17. The maximum atomic E-state index is 12.3. The van der Waals surface area contributed by atoms with E-state index in [2.05, 4.69) is 4.74 Å². The van der Waals surface area contributed by atoms with Crippen LogP contribution in [0.5, 0.6) is 0 Å². The molecule has 0 bridgehead atoms. The summed E-state index contributed by atoms with van der Waals surface area (Å²) in [6.45, 7) is 0. The van der Waals surface area contributed by atoms with Crippen molar-refractivity contribution in [3.8, 4) is 0 Å². The first-order valence-corrected chi connectivity index (χ1v) is 3.66. The zero-order chi connectivity index (χ0) is 9.35. The van der Waals surface area contributed by atoms with E-state index in [0.29, 0.717) is 12.8 Å². The maximum Gasteiger partial charge on any atom is 0.323 e. The molecule has 1 saturated carbocycles. The number of ether oxygens (including phenoxy) is 1. The van der Waals surface area contributed by atoms with E-state index in [9.17, 15) is 13.6 Å². The van der Waals surface area contributed by atoms with Crippen molar-refractivity contribution >= 4 is 5.97 Å². The van der Waals surface area contributed by atoms with E-state index in [1.807, 2.05) is 0 Å². The molecule has 3 nitrogen and oxygen atoms in total. The Morgan fingerprint density at radius 3 is 2.33 bits per heavy atom. The van der Waals surface area contributed by atoms with Crippen LogP contribution in [0.2, 0.25) is 0 Å². The van der Waals surface area contributed by atoms with E-state index < -0.39 is 23.9 Å². The van der Waals surface area contributed by atoms with Crippen LogP contribution in [-0.2, 0) is 9.53 Å². The second-order valence-corrected chi connectivity index (χ2v) is 3.03. The zero-order valence-electron chi connectivity index (χ0n) is 6.72. The topological polar surface area (TPSA) is 52.3 Å². The zero-order valence-corrected chi connectivity index (χ0v) is 6.72. The lowest BCUT2D eigenvalue weighted by molar-refractivity contribution is -0.146. The lowest BCUT2D eigenvalue weighted by Gasteiger charge is -2.19. The minimum atomic E-state index is -2.54. The van der Waals surface area contributed by atoms with E-state index in [1.165, 1.54) is 0 Å². The largest absolute Gasteiger partial charge is 0.468 e. The number of hydrogen-bond acceptors (Lipinski definition) is 3. The molecule has 0 spiro atoms. The molecule has 0 heterocycles. The van der Waals surface area contributed by atoms with Gasteiger partial charge in [-0.3, -0.25) is 4.79 Å². The number of esters is 1. The van der Waals surface area contributed by atoms with Crippen molar-refractivity contribution in [2.45, 2.75) is 25.3 Å². The minimum Gasteiger partial charge on any atom is -0.468 e. The highest BCUT2D eigenvalue weighted by Gasteiger charge is 2.58. The smallest absolute Gasteiger partial charge is 0.323 e. The standard InChI is InChI=1S/C7H11F2NO2/c1-12-5(11)4(10)7(2-3-7)6(8)9/h4,6H,2-3,10H2,1H3. The van der Waals surface area contributed by atoms with Crippen molar-refractivity contribution in [3.05, 3.63) is 0 Å². The molecular formula is C7H11F2NO2.